The predicted molar refractivity (Wildman–Crippen MR) is 107 cm³/mol. The lowest BCUT2D eigenvalue weighted by atomic mass is 10.2. The van der Waals surface area contributed by atoms with Crippen molar-refractivity contribution in [1.82, 2.24) is 0 Å². The zero-order valence-electron chi connectivity index (χ0n) is 15.1. The van der Waals surface area contributed by atoms with Crippen LogP contribution in [0.1, 0.15) is 30.6 Å². The lowest BCUT2D eigenvalue weighted by Gasteiger charge is -2.19. The van der Waals surface area contributed by atoms with Crippen LogP contribution in [0.2, 0.25) is 5.02 Å². The van der Waals surface area contributed by atoms with Crippen LogP contribution in [0.5, 0.6) is 5.75 Å². The smallest absolute Gasteiger partial charge is 0.255 e. The molecule has 0 unspecified atom stereocenters. The van der Waals surface area contributed by atoms with Gasteiger partial charge in [-0.2, -0.15) is 0 Å². The number of hydrogen-bond donors (Lipinski definition) is 1. The predicted octanol–water partition coefficient (Wildman–Crippen LogP) is 3.92. The van der Waals surface area contributed by atoms with E-state index in [0.29, 0.717) is 40.7 Å². The van der Waals surface area contributed by atoms with Gasteiger partial charge in [-0.25, -0.2) is 8.42 Å². The highest BCUT2D eigenvalue weighted by molar-refractivity contribution is 7.93. The summed E-state index contributed by atoms with van der Waals surface area (Å²) in [7, 11) is -3.35. The third kappa shape index (κ3) is 4.54. The van der Waals surface area contributed by atoms with Gasteiger partial charge < -0.3 is 10.1 Å². The molecule has 0 aromatic heterocycles. The van der Waals surface area contributed by atoms with Crippen molar-refractivity contribution in [1.29, 1.82) is 0 Å². The molecule has 6 nitrogen and oxygen atoms in total. The molecule has 0 atom stereocenters. The largest absolute Gasteiger partial charge is 0.491 e. The van der Waals surface area contributed by atoms with Crippen LogP contribution >= 0.6 is 11.6 Å². The number of anilines is 2. The first-order chi connectivity index (χ1) is 12.8. The van der Waals surface area contributed by atoms with Gasteiger partial charge in [0.05, 0.1) is 22.6 Å². The number of carbonyl (C=O) groups is 1. The van der Waals surface area contributed by atoms with E-state index in [0.717, 1.165) is 0 Å². The first kappa shape index (κ1) is 19.5. The van der Waals surface area contributed by atoms with Crippen LogP contribution in [0, 0.1) is 0 Å². The van der Waals surface area contributed by atoms with Crippen LogP contribution < -0.4 is 14.4 Å². The number of ether oxygens (including phenoxy) is 1. The van der Waals surface area contributed by atoms with Gasteiger partial charge >= 0.3 is 0 Å². The molecule has 1 amide bonds. The van der Waals surface area contributed by atoms with E-state index in [1.165, 1.54) is 4.31 Å². The molecular weight excluding hydrogens is 388 g/mol. The second kappa shape index (κ2) is 7.78. The summed E-state index contributed by atoms with van der Waals surface area (Å²) in [6.07, 6.45) is 0.610. The van der Waals surface area contributed by atoms with Crippen LogP contribution in [0.25, 0.3) is 0 Å². The molecule has 8 heteroatoms. The highest BCUT2D eigenvalue weighted by Crippen LogP contribution is 2.33. The number of halogens is 1. The Labute approximate surface area is 164 Å². The van der Waals surface area contributed by atoms with Crippen LogP contribution in [0.3, 0.4) is 0 Å². The quantitative estimate of drug-likeness (QED) is 0.813. The van der Waals surface area contributed by atoms with Gasteiger partial charge in [-0.05, 0) is 62.7 Å². The minimum absolute atomic E-state index is 0.0547. The van der Waals surface area contributed by atoms with Gasteiger partial charge in [0.15, 0.2) is 0 Å². The van der Waals surface area contributed by atoms with Gasteiger partial charge in [0.1, 0.15) is 5.75 Å². The fourth-order valence-corrected chi connectivity index (χ4v) is 4.69. The zero-order chi connectivity index (χ0) is 19.6. The first-order valence-corrected chi connectivity index (χ1v) is 10.6. The van der Waals surface area contributed by atoms with Gasteiger partial charge in [0.25, 0.3) is 5.91 Å². The average molecular weight is 409 g/mol. The summed E-state index contributed by atoms with van der Waals surface area (Å²) in [5.74, 6) is 0.489. The van der Waals surface area contributed by atoms with E-state index in [-0.39, 0.29) is 17.8 Å². The minimum atomic E-state index is -3.35. The molecule has 0 saturated carbocycles. The molecule has 2 aromatic carbocycles. The molecule has 3 rings (SSSR count). The SMILES string of the molecule is CC(C)Oc1ccc(C(=O)Nc2ccc(Cl)c(N3CCCS3(=O)=O)c2)cc1. The molecule has 2 aromatic rings. The Morgan fingerprint density at radius 3 is 2.48 bits per heavy atom. The van der Waals surface area contributed by atoms with Crippen molar-refractivity contribution in [2.45, 2.75) is 26.4 Å². The van der Waals surface area contributed by atoms with Gasteiger partial charge in [-0.15, -0.1) is 0 Å². The molecule has 0 radical (unpaired) electrons. The van der Waals surface area contributed by atoms with E-state index in [2.05, 4.69) is 5.32 Å². The third-order valence-electron chi connectivity index (χ3n) is 4.06. The summed E-state index contributed by atoms with van der Waals surface area (Å²) in [6, 6.07) is 11.6. The van der Waals surface area contributed by atoms with Crippen molar-refractivity contribution < 1.29 is 17.9 Å². The summed E-state index contributed by atoms with van der Waals surface area (Å²) in [5.41, 5.74) is 1.33. The number of rotatable bonds is 5. The van der Waals surface area contributed by atoms with Crippen LogP contribution in [-0.4, -0.2) is 32.7 Å². The van der Waals surface area contributed by atoms with Crippen molar-refractivity contribution in [3.05, 3.63) is 53.1 Å². The van der Waals surface area contributed by atoms with Crippen LogP contribution in [0.4, 0.5) is 11.4 Å². The molecule has 0 spiro atoms. The second-order valence-corrected chi connectivity index (χ2v) is 8.97. The molecule has 144 valence electrons. The maximum absolute atomic E-state index is 12.5. The highest BCUT2D eigenvalue weighted by atomic mass is 35.5. The van der Waals surface area contributed by atoms with E-state index >= 15 is 0 Å². The van der Waals surface area contributed by atoms with Gasteiger partial charge in [0.2, 0.25) is 10.0 Å². The van der Waals surface area contributed by atoms with Crippen molar-refractivity contribution in [2.24, 2.45) is 0 Å². The van der Waals surface area contributed by atoms with E-state index < -0.39 is 10.0 Å². The van der Waals surface area contributed by atoms with Crippen LogP contribution in [-0.2, 0) is 10.0 Å². The summed E-state index contributed by atoms with van der Waals surface area (Å²) in [4.78, 5) is 12.5. The Hall–Kier alpha value is -2.25. The Morgan fingerprint density at radius 1 is 1.19 bits per heavy atom. The maximum atomic E-state index is 12.5. The zero-order valence-corrected chi connectivity index (χ0v) is 16.7. The first-order valence-electron chi connectivity index (χ1n) is 8.64. The third-order valence-corrected chi connectivity index (χ3v) is 6.24. The maximum Gasteiger partial charge on any atom is 0.255 e. The van der Waals surface area contributed by atoms with E-state index in [1.54, 1.807) is 42.5 Å². The number of nitrogens with one attached hydrogen (secondary N) is 1. The number of nitrogens with zero attached hydrogens (tertiary/aromatic N) is 1. The highest BCUT2D eigenvalue weighted by Gasteiger charge is 2.30. The van der Waals surface area contributed by atoms with E-state index in [4.69, 9.17) is 16.3 Å². The number of hydrogen-bond acceptors (Lipinski definition) is 4. The van der Waals surface area contributed by atoms with Gasteiger partial charge in [-0.3, -0.25) is 9.10 Å². The molecule has 1 fully saturated rings. The van der Waals surface area contributed by atoms with Crippen molar-refractivity contribution in [2.75, 3.05) is 21.9 Å². The molecule has 1 saturated heterocycles. The lowest BCUT2D eigenvalue weighted by Crippen LogP contribution is -2.25. The molecule has 1 aliphatic heterocycles. The molecular formula is C19H21ClN2O4S. The summed E-state index contributed by atoms with van der Waals surface area (Å²) < 4.78 is 31.1. The Balaban J connectivity index is 1.77. The molecule has 1 aliphatic rings. The number of sulfonamides is 1. The molecule has 0 bridgehead atoms. The van der Waals surface area contributed by atoms with Crippen molar-refractivity contribution in [3.63, 3.8) is 0 Å². The standard InChI is InChI=1S/C19H21ClN2O4S/c1-13(2)26-16-7-4-14(5-8-16)19(23)21-15-6-9-17(20)18(12-15)22-10-3-11-27(22,24)25/h4-9,12-13H,3,10-11H2,1-2H3,(H,21,23). The summed E-state index contributed by atoms with van der Waals surface area (Å²) >= 11 is 6.18. The monoisotopic (exact) mass is 408 g/mol. The number of benzene rings is 2. The summed E-state index contributed by atoms with van der Waals surface area (Å²) in [5, 5.41) is 3.10. The molecule has 27 heavy (non-hydrogen) atoms. The lowest BCUT2D eigenvalue weighted by molar-refractivity contribution is 0.102. The number of carbonyl (C=O) groups excluding carboxylic acids is 1. The Morgan fingerprint density at radius 2 is 1.89 bits per heavy atom. The van der Waals surface area contributed by atoms with E-state index in [9.17, 15) is 13.2 Å². The number of amides is 1. The average Bonchev–Trinajstić information content (AvgIpc) is 2.95. The Bertz CT molecular complexity index is 943. The van der Waals surface area contributed by atoms with Gasteiger partial charge in [0, 0.05) is 17.8 Å². The van der Waals surface area contributed by atoms with Crippen LogP contribution in [0.15, 0.2) is 42.5 Å². The summed E-state index contributed by atoms with van der Waals surface area (Å²) in [6.45, 7) is 4.25. The van der Waals surface area contributed by atoms with E-state index in [1.807, 2.05) is 13.8 Å². The van der Waals surface area contributed by atoms with Crippen molar-refractivity contribution in [3.8, 4) is 5.75 Å². The normalized spacial score (nSPS) is 15.8. The van der Waals surface area contributed by atoms with Gasteiger partial charge in [-0.1, -0.05) is 11.6 Å². The molecule has 1 heterocycles. The Kier molecular flexibility index (Phi) is 5.62. The fourth-order valence-electron chi connectivity index (χ4n) is 2.85. The molecule has 1 N–H and O–H groups in total. The fraction of sp³-hybridized carbons (Fsp3) is 0.316. The minimum Gasteiger partial charge on any atom is -0.491 e. The molecule has 0 aliphatic carbocycles. The second-order valence-electron chi connectivity index (χ2n) is 6.55. The van der Waals surface area contributed by atoms with Crippen molar-refractivity contribution >= 4 is 38.9 Å². The topological polar surface area (TPSA) is 75.7 Å².